The van der Waals surface area contributed by atoms with E-state index in [0.717, 1.165) is 17.0 Å². The van der Waals surface area contributed by atoms with E-state index >= 15 is 0 Å². The van der Waals surface area contributed by atoms with E-state index in [2.05, 4.69) is 5.16 Å². The van der Waals surface area contributed by atoms with Gasteiger partial charge >= 0.3 is 0 Å². The Morgan fingerprint density at radius 2 is 1.83 bits per heavy atom. The predicted molar refractivity (Wildman–Crippen MR) is 69.7 cm³/mol. The molecule has 0 saturated heterocycles. The first-order valence-corrected chi connectivity index (χ1v) is 5.56. The van der Waals surface area contributed by atoms with Crippen LogP contribution in [0.5, 0.6) is 11.5 Å². The van der Waals surface area contributed by atoms with E-state index in [1.165, 1.54) is 0 Å². The summed E-state index contributed by atoms with van der Waals surface area (Å²) < 4.78 is 15.5. The Balaban J connectivity index is 2.21. The maximum atomic E-state index is 5.24. The first-order valence-electron chi connectivity index (χ1n) is 5.56. The molecule has 4 nitrogen and oxygen atoms in total. The van der Waals surface area contributed by atoms with E-state index in [4.69, 9.17) is 14.0 Å². The van der Waals surface area contributed by atoms with Crippen molar-refractivity contribution < 1.29 is 14.0 Å². The SMILES string of the molecule is COc1ccc(C=Cc2cc(C)no2)cc1OC. The van der Waals surface area contributed by atoms with Gasteiger partial charge in [-0.3, -0.25) is 0 Å². The minimum atomic E-state index is 0.702. The molecule has 0 unspecified atom stereocenters. The summed E-state index contributed by atoms with van der Waals surface area (Å²) in [4.78, 5) is 0. The molecular weight excluding hydrogens is 230 g/mol. The van der Waals surface area contributed by atoms with E-state index in [9.17, 15) is 0 Å². The van der Waals surface area contributed by atoms with Gasteiger partial charge in [0.25, 0.3) is 0 Å². The number of benzene rings is 1. The lowest BCUT2D eigenvalue weighted by Gasteiger charge is -2.07. The van der Waals surface area contributed by atoms with Crippen LogP contribution >= 0.6 is 0 Å². The van der Waals surface area contributed by atoms with Crippen molar-refractivity contribution in [3.8, 4) is 11.5 Å². The van der Waals surface area contributed by atoms with Gasteiger partial charge < -0.3 is 14.0 Å². The maximum Gasteiger partial charge on any atom is 0.161 e. The molecule has 0 N–H and O–H groups in total. The number of nitrogens with zero attached hydrogens (tertiary/aromatic N) is 1. The minimum absolute atomic E-state index is 0.702. The lowest BCUT2D eigenvalue weighted by molar-refractivity contribution is 0.355. The number of hydrogen-bond donors (Lipinski definition) is 0. The summed E-state index contributed by atoms with van der Waals surface area (Å²) in [6, 6.07) is 7.58. The summed E-state index contributed by atoms with van der Waals surface area (Å²) in [7, 11) is 3.23. The van der Waals surface area contributed by atoms with Crippen LogP contribution in [-0.2, 0) is 0 Å². The van der Waals surface area contributed by atoms with Crippen molar-refractivity contribution >= 4 is 12.2 Å². The fraction of sp³-hybridized carbons (Fsp3) is 0.214. The van der Waals surface area contributed by atoms with Crippen molar-refractivity contribution in [2.45, 2.75) is 6.92 Å². The fourth-order valence-electron chi connectivity index (χ4n) is 1.60. The number of rotatable bonds is 4. The lowest BCUT2D eigenvalue weighted by atomic mass is 10.2. The molecule has 94 valence electrons. The topological polar surface area (TPSA) is 44.5 Å². The molecule has 18 heavy (non-hydrogen) atoms. The van der Waals surface area contributed by atoms with Crippen LogP contribution in [0.3, 0.4) is 0 Å². The third-order valence-electron chi connectivity index (χ3n) is 2.49. The zero-order valence-electron chi connectivity index (χ0n) is 10.6. The van der Waals surface area contributed by atoms with Gasteiger partial charge in [-0.05, 0) is 30.7 Å². The molecule has 0 aliphatic rings. The number of hydrogen-bond acceptors (Lipinski definition) is 4. The summed E-state index contributed by atoms with van der Waals surface area (Å²) in [5.41, 5.74) is 1.86. The molecule has 0 fully saturated rings. The highest BCUT2D eigenvalue weighted by atomic mass is 16.5. The van der Waals surface area contributed by atoms with Gasteiger partial charge in [0.1, 0.15) is 0 Å². The molecule has 2 rings (SSSR count). The molecule has 0 bridgehead atoms. The lowest BCUT2D eigenvalue weighted by Crippen LogP contribution is -1.90. The monoisotopic (exact) mass is 245 g/mol. The smallest absolute Gasteiger partial charge is 0.161 e. The highest BCUT2D eigenvalue weighted by Gasteiger charge is 2.03. The van der Waals surface area contributed by atoms with Gasteiger partial charge in [0.2, 0.25) is 0 Å². The average Bonchev–Trinajstić information content (AvgIpc) is 2.81. The van der Waals surface area contributed by atoms with E-state index in [1.807, 2.05) is 43.3 Å². The van der Waals surface area contributed by atoms with E-state index in [0.29, 0.717) is 11.5 Å². The van der Waals surface area contributed by atoms with Crippen molar-refractivity contribution in [1.82, 2.24) is 5.16 Å². The number of aromatic nitrogens is 1. The van der Waals surface area contributed by atoms with Gasteiger partial charge in [-0.15, -0.1) is 0 Å². The van der Waals surface area contributed by atoms with Gasteiger partial charge in [-0.25, -0.2) is 0 Å². The minimum Gasteiger partial charge on any atom is -0.493 e. The van der Waals surface area contributed by atoms with Gasteiger partial charge in [-0.1, -0.05) is 17.3 Å². The third-order valence-corrected chi connectivity index (χ3v) is 2.49. The van der Waals surface area contributed by atoms with Gasteiger partial charge in [0.05, 0.1) is 19.9 Å². The Labute approximate surface area is 106 Å². The Bertz CT molecular complexity index is 558. The third kappa shape index (κ3) is 2.71. The number of aryl methyl sites for hydroxylation is 1. The standard InChI is InChI=1S/C14H15NO3/c1-10-8-12(18-15-10)6-4-11-5-7-13(16-2)14(9-11)17-3/h4-9H,1-3H3. The van der Waals surface area contributed by atoms with Gasteiger partial charge in [0.15, 0.2) is 17.3 Å². The predicted octanol–water partition coefficient (Wildman–Crippen LogP) is 3.17. The zero-order valence-corrected chi connectivity index (χ0v) is 10.6. The van der Waals surface area contributed by atoms with Crippen molar-refractivity contribution in [3.05, 3.63) is 41.3 Å². The largest absolute Gasteiger partial charge is 0.493 e. The number of methoxy groups -OCH3 is 2. The molecule has 0 radical (unpaired) electrons. The first kappa shape index (κ1) is 12.2. The Kier molecular flexibility index (Phi) is 3.67. The quantitative estimate of drug-likeness (QED) is 0.829. The molecule has 1 aromatic heterocycles. The van der Waals surface area contributed by atoms with Crippen LogP contribution in [0, 0.1) is 6.92 Å². The van der Waals surface area contributed by atoms with Crippen LogP contribution in [0.15, 0.2) is 28.8 Å². The first-order chi connectivity index (χ1) is 8.72. The molecule has 0 saturated carbocycles. The van der Waals surface area contributed by atoms with Crippen molar-refractivity contribution in [2.24, 2.45) is 0 Å². The molecule has 4 heteroatoms. The van der Waals surface area contributed by atoms with Crippen LogP contribution in [0.1, 0.15) is 17.0 Å². The van der Waals surface area contributed by atoms with E-state index < -0.39 is 0 Å². The Morgan fingerprint density at radius 3 is 2.44 bits per heavy atom. The summed E-state index contributed by atoms with van der Waals surface area (Å²) in [6.45, 7) is 1.89. The van der Waals surface area contributed by atoms with E-state index in [1.54, 1.807) is 14.2 Å². The van der Waals surface area contributed by atoms with Crippen LogP contribution in [0.2, 0.25) is 0 Å². The summed E-state index contributed by atoms with van der Waals surface area (Å²) >= 11 is 0. The Hall–Kier alpha value is -2.23. The van der Waals surface area contributed by atoms with Crippen LogP contribution in [0.4, 0.5) is 0 Å². The van der Waals surface area contributed by atoms with Crippen LogP contribution in [0.25, 0.3) is 12.2 Å². The molecule has 0 amide bonds. The second kappa shape index (κ2) is 5.40. The molecule has 0 aliphatic heterocycles. The summed E-state index contributed by atoms with van der Waals surface area (Å²) in [5.74, 6) is 2.14. The Morgan fingerprint density at radius 1 is 1.06 bits per heavy atom. The molecule has 2 aromatic rings. The number of ether oxygens (including phenoxy) is 2. The van der Waals surface area contributed by atoms with Crippen LogP contribution in [-0.4, -0.2) is 19.4 Å². The molecule has 0 aliphatic carbocycles. The highest BCUT2D eigenvalue weighted by Crippen LogP contribution is 2.28. The van der Waals surface area contributed by atoms with Crippen molar-refractivity contribution in [1.29, 1.82) is 0 Å². The normalized spacial score (nSPS) is 10.8. The second-order valence-corrected chi connectivity index (χ2v) is 3.82. The fourth-order valence-corrected chi connectivity index (χ4v) is 1.60. The highest BCUT2D eigenvalue weighted by molar-refractivity contribution is 5.69. The molecule has 0 atom stereocenters. The molecule has 0 spiro atoms. The van der Waals surface area contributed by atoms with Crippen molar-refractivity contribution in [3.63, 3.8) is 0 Å². The van der Waals surface area contributed by atoms with Crippen molar-refractivity contribution in [2.75, 3.05) is 14.2 Å². The molecule has 1 heterocycles. The molecular formula is C14H15NO3. The second-order valence-electron chi connectivity index (χ2n) is 3.82. The molecule has 1 aromatic carbocycles. The van der Waals surface area contributed by atoms with Crippen LogP contribution < -0.4 is 9.47 Å². The summed E-state index contributed by atoms with van der Waals surface area (Å²) in [6.07, 6.45) is 3.79. The average molecular weight is 245 g/mol. The van der Waals surface area contributed by atoms with Gasteiger partial charge in [0, 0.05) is 6.07 Å². The summed E-state index contributed by atoms with van der Waals surface area (Å²) in [5, 5.41) is 3.82. The van der Waals surface area contributed by atoms with E-state index in [-0.39, 0.29) is 0 Å². The zero-order chi connectivity index (χ0) is 13.0. The van der Waals surface area contributed by atoms with Gasteiger partial charge in [-0.2, -0.15) is 0 Å². The maximum absolute atomic E-state index is 5.24.